The molecule has 0 bridgehead atoms. The molecule has 26 heavy (non-hydrogen) atoms. The number of benzene rings is 2. The molecule has 1 aliphatic heterocycles. The molecule has 0 atom stereocenters. The lowest BCUT2D eigenvalue weighted by Crippen LogP contribution is -2.30. The van der Waals surface area contributed by atoms with Gasteiger partial charge in [-0.25, -0.2) is 4.39 Å². The number of carbonyl (C=O) groups excluding carboxylic acids is 1. The van der Waals surface area contributed by atoms with Gasteiger partial charge in [0.25, 0.3) is 5.91 Å². The second kappa shape index (κ2) is 6.75. The van der Waals surface area contributed by atoms with Crippen LogP contribution in [0.25, 0.3) is 6.08 Å². The van der Waals surface area contributed by atoms with Crippen molar-refractivity contribution in [3.05, 3.63) is 65.6 Å². The molecule has 1 fully saturated rings. The zero-order chi connectivity index (χ0) is 18.9. The number of alkyl halides is 3. The minimum Gasteiger partial charge on any atom is -0.406 e. The highest BCUT2D eigenvalue weighted by atomic mass is 32.1. The molecule has 1 heterocycles. The Morgan fingerprint density at radius 1 is 1.08 bits per heavy atom. The van der Waals surface area contributed by atoms with Gasteiger partial charge in [-0.05, 0) is 48.6 Å². The summed E-state index contributed by atoms with van der Waals surface area (Å²) in [4.78, 5) is 13.6. The Kier molecular flexibility index (Phi) is 4.64. The first-order valence-electron chi connectivity index (χ1n) is 7.22. The van der Waals surface area contributed by atoms with Gasteiger partial charge in [0, 0.05) is 5.56 Å². The molecule has 1 N–H and O–H groups in total. The lowest BCUT2D eigenvalue weighted by molar-refractivity contribution is -0.274. The Morgan fingerprint density at radius 2 is 1.73 bits per heavy atom. The van der Waals surface area contributed by atoms with Crippen LogP contribution in [0.15, 0.2) is 54.2 Å². The molecule has 2 aromatic carbocycles. The highest BCUT2D eigenvalue weighted by Crippen LogP contribution is 2.28. The third-order valence-corrected chi connectivity index (χ3v) is 3.70. The summed E-state index contributed by atoms with van der Waals surface area (Å²) in [5.41, 5.74) is 0.497. The number of ether oxygens (including phenoxy) is 1. The summed E-state index contributed by atoms with van der Waals surface area (Å²) in [6.45, 7) is 0. The van der Waals surface area contributed by atoms with Crippen molar-refractivity contribution in [2.75, 3.05) is 4.90 Å². The molecule has 1 saturated heterocycles. The van der Waals surface area contributed by atoms with Gasteiger partial charge in [-0.15, -0.1) is 13.2 Å². The predicted octanol–water partition coefficient (Wildman–Crippen LogP) is 3.99. The molecule has 0 aromatic heterocycles. The number of thiocarbonyl (C=S) groups is 1. The first kappa shape index (κ1) is 17.9. The van der Waals surface area contributed by atoms with Gasteiger partial charge >= 0.3 is 6.36 Å². The van der Waals surface area contributed by atoms with Crippen LogP contribution in [0.2, 0.25) is 0 Å². The molecule has 2 aromatic rings. The molecular formula is C17H10F4N2O2S. The lowest BCUT2D eigenvalue weighted by atomic mass is 10.1. The third-order valence-electron chi connectivity index (χ3n) is 3.41. The number of hydrogen-bond acceptors (Lipinski definition) is 3. The SMILES string of the molecule is O=C1/C(=C/c2ccccc2F)NC(=S)N1c1ccc(OC(F)(F)F)cc1. The van der Waals surface area contributed by atoms with Crippen molar-refractivity contribution < 1.29 is 27.1 Å². The van der Waals surface area contributed by atoms with Gasteiger partial charge in [-0.1, -0.05) is 18.2 Å². The Balaban J connectivity index is 1.84. The van der Waals surface area contributed by atoms with Gasteiger partial charge in [0.15, 0.2) is 5.11 Å². The number of amides is 1. The fourth-order valence-electron chi connectivity index (χ4n) is 2.31. The average molecular weight is 382 g/mol. The van der Waals surface area contributed by atoms with E-state index in [-0.39, 0.29) is 22.1 Å². The average Bonchev–Trinajstić information content (AvgIpc) is 2.83. The van der Waals surface area contributed by atoms with E-state index in [0.29, 0.717) is 0 Å². The van der Waals surface area contributed by atoms with Crippen molar-refractivity contribution >= 4 is 35.0 Å². The molecule has 0 saturated carbocycles. The van der Waals surface area contributed by atoms with E-state index in [1.54, 1.807) is 6.07 Å². The normalized spacial score (nSPS) is 16.2. The van der Waals surface area contributed by atoms with Crippen LogP contribution >= 0.6 is 12.2 Å². The third kappa shape index (κ3) is 3.83. The summed E-state index contributed by atoms with van der Waals surface area (Å²) in [6.07, 6.45) is -3.50. The van der Waals surface area contributed by atoms with Crippen molar-refractivity contribution in [3.63, 3.8) is 0 Å². The molecule has 134 valence electrons. The predicted molar refractivity (Wildman–Crippen MR) is 90.7 cm³/mol. The van der Waals surface area contributed by atoms with E-state index in [4.69, 9.17) is 12.2 Å². The monoisotopic (exact) mass is 382 g/mol. The number of rotatable bonds is 3. The fourth-order valence-corrected chi connectivity index (χ4v) is 2.61. The molecule has 9 heteroatoms. The van der Waals surface area contributed by atoms with Crippen molar-refractivity contribution in [1.82, 2.24) is 5.32 Å². The van der Waals surface area contributed by atoms with Crippen molar-refractivity contribution in [2.45, 2.75) is 6.36 Å². The summed E-state index contributed by atoms with van der Waals surface area (Å²) >= 11 is 5.09. The Hall–Kier alpha value is -2.94. The van der Waals surface area contributed by atoms with Gasteiger partial charge in [0.05, 0.1) is 5.69 Å². The lowest BCUT2D eigenvalue weighted by Gasteiger charge is -2.15. The molecule has 0 spiro atoms. The van der Waals surface area contributed by atoms with E-state index in [0.717, 1.165) is 17.0 Å². The van der Waals surface area contributed by atoms with E-state index in [2.05, 4.69) is 10.1 Å². The zero-order valence-electron chi connectivity index (χ0n) is 12.9. The quantitative estimate of drug-likeness (QED) is 0.495. The van der Waals surface area contributed by atoms with E-state index in [1.165, 1.54) is 36.4 Å². The largest absolute Gasteiger partial charge is 0.573 e. The molecule has 1 aliphatic rings. The summed E-state index contributed by atoms with van der Waals surface area (Å²) in [7, 11) is 0. The number of nitrogens with zero attached hydrogens (tertiary/aromatic N) is 1. The van der Waals surface area contributed by atoms with Gasteiger partial charge < -0.3 is 10.1 Å². The van der Waals surface area contributed by atoms with Crippen molar-refractivity contribution in [3.8, 4) is 5.75 Å². The molecule has 0 aliphatic carbocycles. The molecule has 1 amide bonds. The van der Waals surface area contributed by atoms with Crippen LogP contribution in [-0.2, 0) is 4.79 Å². The Labute approximate surface area is 150 Å². The van der Waals surface area contributed by atoms with E-state index >= 15 is 0 Å². The fraction of sp³-hybridized carbons (Fsp3) is 0.0588. The maximum absolute atomic E-state index is 13.7. The molecule has 0 radical (unpaired) electrons. The van der Waals surface area contributed by atoms with Crippen LogP contribution < -0.4 is 15.0 Å². The second-order valence-corrected chi connectivity index (χ2v) is 5.58. The molecule has 4 nitrogen and oxygen atoms in total. The Morgan fingerprint density at radius 3 is 2.35 bits per heavy atom. The summed E-state index contributed by atoms with van der Waals surface area (Å²) in [5.74, 6) is -1.48. The van der Waals surface area contributed by atoms with Gasteiger partial charge in [0.1, 0.15) is 17.3 Å². The maximum atomic E-state index is 13.7. The van der Waals surface area contributed by atoms with Crippen LogP contribution in [-0.4, -0.2) is 17.4 Å². The number of nitrogens with one attached hydrogen (secondary N) is 1. The minimum atomic E-state index is -4.81. The topological polar surface area (TPSA) is 41.6 Å². The number of halogens is 4. The highest BCUT2D eigenvalue weighted by Gasteiger charge is 2.33. The van der Waals surface area contributed by atoms with Gasteiger partial charge in [0.2, 0.25) is 0 Å². The van der Waals surface area contributed by atoms with Gasteiger partial charge in [-0.3, -0.25) is 9.69 Å². The van der Waals surface area contributed by atoms with Crippen LogP contribution in [0.5, 0.6) is 5.75 Å². The van der Waals surface area contributed by atoms with E-state index < -0.39 is 23.8 Å². The second-order valence-electron chi connectivity index (χ2n) is 5.19. The maximum Gasteiger partial charge on any atom is 0.573 e. The van der Waals surface area contributed by atoms with E-state index in [1.807, 2.05) is 0 Å². The summed E-state index contributed by atoms with van der Waals surface area (Å²) in [6, 6.07) is 10.5. The first-order valence-corrected chi connectivity index (χ1v) is 7.63. The highest BCUT2D eigenvalue weighted by molar-refractivity contribution is 7.80. The number of anilines is 1. The minimum absolute atomic E-state index is 0.0297. The van der Waals surface area contributed by atoms with Crippen molar-refractivity contribution in [1.29, 1.82) is 0 Å². The smallest absolute Gasteiger partial charge is 0.406 e. The number of hydrogen-bond donors (Lipinski definition) is 1. The van der Waals surface area contributed by atoms with Crippen molar-refractivity contribution in [2.24, 2.45) is 0 Å². The first-order chi connectivity index (χ1) is 12.2. The van der Waals surface area contributed by atoms with Gasteiger partial charge in [-0.2, -0.15) is 0 Å². The van der Waals surface area contributed by atoms with Crippen LogP contribution in [0.1, 0.15) is 5.56 Å². The Bertz CT molecular complexity index is 894. The zero-order valence-corrected chi connectivity index (χ0v) is 13.7. The standard InChI is InChI=1S/C17H10F4N2O2S/c18-13-4-2-1-3-10(13)9-14-15(24)23(16(26)22-14)11-5-7-12(8-6-11)25-17(19,20)21/h1-9H,(H,22,26)/b14-9-. The number of carbonyl (C=O) groups is 1. The molecule has 0 unspecified atom stereocenters. The summed E-state index contributed by atoms with van der Waals surface area (Å²) < 4.78 is 54.1. The molecular weight excluding hydrogens is 372 g/mol. The molecule has 3 rings (SSSR count). The van der Waals surface area contributed by atoms with Crippen LogP contribution in [0, 0.1) is 5.82 Å². The van der Waals surface area contributed by atoms with E-state index in [9.17, 15) is 22.4 Å². The summed E-state index contributed by atoms with van der Waals surface area (Å²) in [5, 5.41) is 2.70. The van der Waals surface area contributed by atoms with Crippen LogP contribution in [0.4, 0.5) is 23.2 Å². The van der Waals surface area contributed by atoms with Crippen LogP contribution in [0.3, 0.4) is 0 Å².